The molecule has 0 aromatic heterocycles. The Labute approximate surface area is 52.5 Å². The second kappa shape index (κ2) is 2.09. The van der Waals surface area contributed by atoms with Crippen LogP contribution in [0.3, 0.4) is 0 Å². The molecule has 0 spiro atoms. The monoisotopic (exact) mass is 131 g/mol. The summed E-state index contributed by atoms with van der Waals surface area (Å²) in [6.07, 6.45) is 3.18. The lowest BCUT2D eigenvalue weighted by atomic mass is 10.4. The molecule has 0 aromatic carbocycles. The molecule has 0 bridgehead atoms. The lowest BCUT2D eigenvalue weighted by Gasteiger charge is -2.04. The minimum atomic E-state index is 0.109. The van der Waals surface area contributed by atoms with Crippen LogP contribution in [0.15, 0.2) is 23.1 Å². The van der Waals surface area contributed by atoms with Crippen molar-refractivity contribution in [3.63, 3.8) is 0 Å². The van der Waals surface area contributed by atoms with Crippen LogP contribution >= 0.6 is 11.6 Å². The Morgan fingerprint density at radius 1 is 1.75 bits per heavy atom. The first-order valence-corrected chi connectivity index (χ1v) is 2.67. The van der Waals surface area contributed by atoms with Crippen molar-refractivity contribution in [3.05, 3.63) is 23.1 Å². The maximum absolute atomic E-state index is 8.78. The van der Waals surface area contributed by atoms with Crippen molar-refractivity contribution in [2.75, 3.05) is 6.54 Å². The van der Waals surface area contributed by atoms with E-state index >= 15 is 0 Å². The Morgan fingerprint density at radius 2 is 2.50 bits per heavy atom. The molecule has 0 amide bonds. The quantitative estimate of drug-likeness (QED) is 0.516. The largest absolute Gasteiger partial charge is 0.505 e. The van der Waals surface area contributed by atoms with Crippen molar-refractivity contribution in [1.29, 1.82) is 0 Å². The zero-order valence-corrected chi connectivity index (χ0v) is 4.94. The van der Waals surface area contributed by atoms with E-state index in [1.165, 1.54) is 6.20 Å². The minimum absolute atomic E-state index is 0.109. The van der Waals surface area contributed by atoms with Crippen LogP contribution in [0.5, 0.6) is 0 Å². The topological polar surface area (TPSA) is 32.3 Å². The predicted molar refractivity (Wildman–Crippen MR) is 32.7 cm³/mol. The summed E-state index contributed by atoms with van der Waals surface area (Å²) in [6.45, 7) is 0.697. The van der Waals surface area contributed by atoms with Gasteiger partial charge >= 0.3 is 0 Å². The minimum Gasteiger partial charge on any atom is -0.505 e. The summed E-state index contributed by atoms with van der Waals surface area (Å²) in [4.78, 5) is 0. The van der Waals surface area contributed by atoms with E-state index in [0.717, 1.165) is 0 Å². The maximum atomic E-state index is 8.78. The van der Waals surface area contributed by atoms with Gasteiger partial charge in [0.1, 0.15) is 5.76 Å². The van der Waals surface area contributed by atoms with Crippen molar-refractivity contribution in [3.8, 4) is 0 Å². The molecule has 2 nitrogen and oxygen atoms in total. The van der Waals surface area contributed by atoms with Gasteiger partial charge in [-0.3, -0.25) is 0 Å². The number of hydrogen-bond donors (Lipinski definition) is 2. The van der Waals surface area contributed by atoms with Gasteiger partial charge in [-0.2, -0.15) is 0 Å². The molecule has 1 rings (SSSR count). The lowest BCUT2D eigenvalue weighted by molar-refractivity contribution is 0.422. The normalized spacial score (nSPS) is 18.6. The van der Waals surface area contributed by atoms with Gasteiger partial charge in [0.2, 0.25) is 0 Å². The van der Waals surface area contributed by atoms with E-state index in [-0.39, 0.29) is 5.76 Å². The summed E-state index contributed by atoms with van der Waals surface area (Å²) in [7, 11) is 0. The summed E-state index contributed by atoms with van der Waals surface area (Å²) in [5.41, 5.74) is 0. The Hall–Kier alpha value is -0.630. The summed E-state index contributed by atoms with van der Waals surface area (Å²) in [6, 6.07) is 0. The fourth-order valence-electron chi connectivity index (χ4n) is 0.478. The number of aliphatic hydroxyl groups excluding tert-OH is 1. The number of nitrogens with one attached hydrogen (secondary N) is 1. The van der Waals surface area contributed by atoms with Gasteiger partial charge in [-0.15, -0.1) is 0 Å². The summed E-state index contributed by atoms with van der Waals surface area (Å²) < 4.78 is 0. The first-order valence-electron chi connectivity index (χ1n) is 2.29. The third-order valence-corrected chi connectivity index (χ3v) is 1.23. The van der Waals surface area contributed by atoms with E-state index in [0.29, 0.717) is 11.6 Å². The van der Waals surface area contributed by atoms with E-state index in [2.05, 4.69) is 5.32 Å². The number of rotatable bonds is 0. The van der Waals surface area contributed by atoms with Crippen LogP contribution in [-0.2, 0) is 0 Å². The van der Waals surface area contributed by atoms with Gasteiger partial charge in [-0.1, -0.05) is 11.6 Å². The molecule has 1 aliphatic rings. The molecule has 1 aliphatic heterocycles. The first kappa shape index (κ1) is 5.51. The predicted octanol–water partition coefficient (Wildman–Crippen LogP) is 1.11. The van der Waals surface area contributed by atoms with Crippen LogP contribution in [-0.4, -0.2) is 11.7 Å². The summed E-state index contributed by atoms with van der Waals surface area (Å²) in [5.74, 6) is 0.109. The van der Waals surface area contributed by atoms with Crippen LogP contribution in [0.4, 0.5) is 0 Å². The maximum Gasteiger partial charge on any atom is 0.149 e. The molecule has 0 aliphatic carbocycles. The molecule has 0 aromatic rings. The summed E-state index contributed by atoms with van der Waals surface area (Å²) >= 11 is 5.47. The third-order valence-electron chi connectivity index (χ3n) is 0.883. The van der Waals surface area contributed by atoms with Gasteiger partial charge < -0.3 is 10.4 Å². The van der Waals surface area contributed by atoms with Gasteiger partial charge in [-0.25, -0.2) is 0 Å². The highest BCUT2D eigenvalue weighted by Gasteiger charge is 2.00. The smallest absolute Gasteiger partial charge is 0.149 e. The molecule has 1 heterocycles. The van der Waals surface area contributed by atoms with Crippen molar-refractivity contribution in [2.45, 2.75) is 0 Å². The van der Waals surface area contributed by atoms with E-state index in [1.807, 2.05) is 0 Å². The third kappa shape index (κ3) is 0.954. The number of hydrogen-bond acceptors (Lipinski definition) is 2. The van der Waals surface area contributed by atoms with Crippen molar-refractivity contribution in [2.24, 2.45) is 0 Å². The highest BCUT2D eigenvalue weighted by atomic mass is 35.5. The Kier molecular flexibility index (Phi) is 1.44. The molecule has 0 fully saturated rings. The van der Waals surface area contributed by atoms with Crippen molar-refractivity contribution in [1.82, 2.24) is 5.32 Å². The first-order chi connectivity index (χ1) is 3.80. The van der Waals surface area contributed by atoms with E-state index in [4.69, 9.17) is 16.7 Å². The van der Waals surface area contributed by atoms with E-state index in [9.17, 15) is 0 Å². The number of dihydropyridines is 1. The molecule has 0 radical (unpaired) electrons. The Bertz CT molecular complexity index is 133. The van der Waals surface area contributed by atoms with Gasteiger partial charge in [0.15, 0.2) is 0 Å². The van der Waals surface area contributed by atoms with E-state index in [1.54, 1.807) is 6.08 Å². The number of aliphatic hydroxyl groups is 1. The van der Waals surface area contributed by atoms with Crippen LogP contribution in [0, 0.1) is 0 Å². The molecule has 0 saturated heterocycles. The molecule has 0 atom stereocenters. The fourth-order valence-corrected chi connectivity index (χ4v) is 0.609. The molecule has 2 N–H and O–H groups in total. The van der Waals surface area contributed by atoms with Crippen molar-refractivity contribution >= 4 is 11.6 Å². The van der Waals surface area contributed by atoms with E-state index < -0.39 is 0 Å². The molecule has 8 heavy (non-hydrogen) atoms. The van der Waals surface area contributed by atoms with Crippen LogP contribution in [0.2, 0.25) is 0 Å². The summed E-state index contributed by atoms with van der Waals surface area (Å²) in [5, 5.41) is 12.0. The highest BCUT2D eigenvalue weighted by Crippen LogP contribution is 2.11. The molecular formula is C5H6ClNO. The number of halogens is 1. The second-order valence-corrected chi connectivity index (χ2v) is 1.90. The lowest BCUT2D eigenvalue weighted by Crippen LogP contribution is -2.10. The zero-order valence-electron chi connectivity index (χ0n) is 4.19. The average molecular weight is 132 g/mol. The van der Waals surface area contributed by atoms with Gasteiger partial charge in [0.05, 0.1) is 5.03 Å². The zero-order chi connectivity index (χ0) is 5.98. The Morgan fingerprint density at radius 3 is 2.88 bits per heavy atom. The van der Waals surface area contributed by atoms with Gasteiger partial charge in [-0.05, 0) is 6.08 Å². The number of allylic oxidation sites excluding steroid dienone is 1. The fraction of sp³-hybridized carbons (Fsp3) is 0.200. The van der Waals surface area contributed by atoms with Crippen LogP contribution in [0.25, 0.3) is 0 Å². The molecule has 0 saturated carbocycles. The Balaban J connectivity index is 2.73. The average Bonchev–Trinajstić information content (AvgIpc) is 1.77. The van der Waals surface area contributed by atoms with Crippen molar-refractivity contribution < 1.29 is 5.11 Å². The second-order valence-electron chi connectivity index (χ2n) is 1.49. The highest BCUT2D eigenvalue weighted by molar-refractivity contribution is 6.31. The molecule has 0 unspecified atom stereocenters. The van der Waals surface area contributed by atoms with Crippen LogP contribution in [0.1, 0.15) is 0 Å². The standard InChI is InChI=1S/C5H6ClNO/c6-4-1-2-7-3-5(4)8/h1,3,7-8H,2H2. The van der Waals surface area contributed by atoms with Gasteiger partial charge in [0, 0.05) is 12.7 Å². The molecular weight excluding hydrogens is 126 g/mol. The molecule has 44 valence electrons. The van der Waals surface area contributed by atoms with Gasteiger partial charge in [0.25, 0.3) is 0 Å². The molecule has 3 heteroatoms. The SMILES string of the molecule is OC1=CNCC=C1Cl. The van der Waals surface area contributed by atoms with Crippen LogP contribution < -0.4 is 5.32 Å².